The van der Waals surface area contributed by atoms with Crippen molar-refractivity contribution < 1.29 is 0 Å². The molecule has 0 heterocycles. The Bertz CT molecular complexity index is 442. The standard InChI is InChI=1S/C13H20.2C5H6/c1-2-3-4-5-6-12-9-11-7-8-13(12)10-11;2*1-2-4-5-3-1/h5-8,11-13H,2-4,9-10H2,1H3;2*1-4H,5H2. The number of fused-ring (bicyclic) bond motifs is 2. The van der Waals surface area contributed by atoms with Crippen LogP contribution in [0.2, 0.25) is 0 Å². The highest BCUT2D eigenvalue weighted by Crippen LogP contribution is 2.43. The van der Waals surface area contributed by atoms with E-state index in [1.807, 2.05) is 0 Å². The van der Waals surface area contributed by atoms with Gasteiger partial charge < -0.3 is 0 Å². The minimum atomic E-state index is 0.881. The predicted molar refractivity (Wildman–Crippen MR) is 103 cm³/mol. The Balaban J connectivity index is 0.000000156. The number of allylic oxidation sites excluding steroid dienone is 12. The van der Waals surface area contributed by atoms with Crippen LogP contribution in [0.1, 0.15) is 51.9 Å². The van der Waals surface area contributed by atoms with Crippen molar-refractivity contribution in [3.8, 4) is 0 Å². The maximum Gasteiger partial charge on any atom is -0.0163 e. The number of unbranched alkanes of at least 4 members (excludes halogenated alkanes) is 2. The molecule has 4 aliphatic carbocycles. The molecular formula is C23H32. The summed E-state index contributed by atoms with van der Waals surface area (Å²) < 4.78 is 0. The van der Waals surface area contributed by atoms with Crippen molar-refractivity contribution in [2.45, 2.75) is 51.9 Å². The minimum Gasteiger partial charge on any atom is -0.0882 e. The Morgan fingerprint density at radius 1 is 0.870 bits per heavy atom. The molecule has 0 aromatic carbocycles. The first-order chi connectivity index (χ1) is 11.4. The fourth-order valence-electron chi connectivity index (χ4n) is 3.42. The Morgan fingerprint density at radius 3 is 1.91 bits per heavy atom. The summed E-state index contributed by atoms with van der Waals surface area (Å²) in [4.78, 5) is 0. The second kappa shape index (κ2) is 11.0. The molecule has 1 saturated carbocycles. The van der Waals surface area contributed by atoms with Gasteiger partial charge in [-0.1, -0.05) is 92.7 Å². The molecule has 0 aromatic rings. The van der Waals surface area contributed by atoms with Gasteiger partial charge in [-0.2, -0.15) is 0 Å². The van der Waals surface area contributed by atoms with Crippen LogP contribution in [0.3, 0.4) is 0 Å². The van der Waals surface area contributed by atoms with Gasteiger partial charge in [0.05, 0.1) is 0 Å². The SMILES string of the molecule is C1=CCC=C1.C1=CCC=C1.CCCCC=CC1CC2C=CC1C2. The summed E-state index contributed by atoms with van der Waals surface area (Å²) in [5.74, 6) is 2.69. The van der Waals surface area contributed by atoms with E-state index in [9.17, 15) is 0 Å². The van der Waals surface area contributed by atoms with Gasteiger partial charge in [0.25, 0.3) is 0 Å². The number of hydrogen-bond donors (Lipinski definition) is 0. The van der Waals surface area contributed by atoms with E-state index in [4.69, 9.17) is 0 Å². The lowest BCUT2D eigenvalue weighted by molar-refractivity contribution is 0.548. The highest BCUT2D eigenvalue weighted by atomic mass is 14.4. The molecule has 0 nitrogen and oxygen atoms in total. The van der Waals surface area contributed by atoms with E-state index in [0.717, 1.165) is 30.6 Å². The van der Waals surface area contributed by atoms with Gasteiger partial charge >= 0.3 is 0 Å². The van der Waals surface area contributed by atoms with Crippen LogP contribution >= 0.6 is 0 Å². The molecule has 23 heavy (non-hydrogen) atoms. The fourth-order valence-corrected chi connectivity index (χ4v) is 3.42. The first-order valence-corrected chi connectivity index (χ1v) is 9.38. The molecule has 0 saturated heterocycles. The van der Waals surface area contributed by atoms with Crippen molar-refractivity contribution in [1.29, 1.82) is 0 Å². The topological polar surface area (TPSA) is 0 Å². The zero-order chi connectivity index (χ0) is 16.2. The van der Waals surface area contributed by atoms with Crippen molar-refractivity contribution in [2.24, 2.45) is 17.8 Å². The van der Waals surface area contributed by atoms with Crippen LogP contribution in [-0.4, -0.2) is 0 Å². The summed E-state index contributed by atoms with van der Waals surface area (Å²) in [6.45, 7) is 2.26. The lowest BCUT2D eigenvalue weighted by Gasteiger charge is -2.12. The highest BCUT2D eigenvalue weighted by molar-refractivity contribution is 5.14. The van der Waals surface area contributed by atoms with Crippen LogP contribution in [0.5, 0.6) is 0 Å². The third kappa shape index (κ3) is 7.03. The molecule has 0 heteroatoms. The van der Waals surface area contributed by atoms with E-state index < -0.39 is 0 Å². The smallest absolute Gasteiger partial charge is 0.0163 e. The number of hydrogen-bond acceptors (Lipinski definition) is 0. The van der Waals surface area contributed by atoms with E-state index in [-0.39, 0.29) is 0 Å². The Labute approximate surface area is 143 Å². The summed E-state index contributed by atoms with van der Waals surface area (Å²) in [5, 5.41) is 0. The van der Waals surface area contributed by atoms with Crippen LogP contribution in [0.15, 0.2) is 72.9 Å². The third-order valence-electron chi connectivity index (χ3n) is 4.75. The van der Waals surface area contributed by atoms with E-state index in [2.05, 4.69) is 79.8 Å². The lowest BCUT2D eigenvalue weighted by atomic mass is 9.93. The molecule has 0 spiro atoms. The minimum absolute atomic E-state index is 0.881. The summed E-state index contributed by atoms with van der Waals surface area (Å²) in [6, 6.07) is 0. The van der Waals surface area contributed by atoms with Crippen molar-refractivity contribution in [3.63, 3.8) is 0 Å². The zero-order valence-corrected chi connectivity index (χ0v) is 14.6. The van der Waals surface area contributed by atoms with Gasteiger partial charge in [0.15, 0.2) is 0 Å². The van der Waals surface area contributed by atoms with Gasteiger partial charge in [0.2, 0.25) is 0 Å². The van der Waals surface area contributed by atoms with Gasteiger partial charge in [-0.3, -0.25) is 0 Å². The van der Waals surface area contributed by atoms with Gasteiger partial charge in [-0.05, 0) is 49.9 Å². The monoisotopic (exact) mass is 308 g/mol. The van der Waals surface area contributed by atoms with E-state index >= 15 is 0 Å². The molecule has 3 unspecified atom stereocenters. The molecule has 0 aliphatic heterocycles. The van der Waals surface area contributed by atoms with Crippen LogP contribution in [0.25, 0.3) is 0 Å². The average Bonchev–Trinajstić information content (AvgIpc) is 3.38. The molecule has 124 valence electrons. The number of rotatable bonds is 4. The molecule has 4 rings (SSSR count). The summed E-state index contributed by atoms with van der Waals surface area (Å²) in [7, 11) is 0. The van der Waals surface area contributed by atoms with Crippen molar-refractivity contribution in [1.82, 2.24) is 0 Å². The molecule has 2 bridgehead atoms. The second-order valence-corrected chi connectivity index (χ2v) is 6.70. The molecule has 1 fully saturated rings. The molecule has 4 aliphatic rings. The Kier molecular flexibility index (Phi) is 8.55. The maximum absolute atomic E-state index is 2.48. The van der Waals surface area contributed by atoms with Gasteiger partial charge in [-0.15, -0.1) is 0 Å². The zero-order valence-electron chi connectivity index (χ0n) is 14.6. The molecular weight excluding hydrogens is 276 g/mol. The lowest BCUT2D eigenvalue weighted by Crippen LogP contribution is -2.02. The van der Waals surface area contributed by atoms with Crippen molar-refractivity contribution >= 4 is 0 Å². The Morgan fingerprint density at radius 2 is 1.52 bits per heavy atom. The summed E-state index contributed by atoms with van der Waals surface area (Å²) >= 11 is 0. The maximum atomic E-state index is 2.48. The van der Waals surface area contributed by atoms with Crippen LogP contribution < -0.4 is 0 Å². The van der Waals surface area contributed by atoms with E-state index in [0.29, 0.717) is 0 Å². The van der Waals surface area contributed by atoms with E-state index in [1.54, 1.807) is 0 Å². The summed E-state index contributed by atoms with van der Waals surface area (Å²) in [6.07, 6.45) is 35.5. The van der Waals surface area contributed by atoms with Crippen molar-refractivity contribution in [3.05, 3.63) is 72.9 Å². The molecule has 0 radical (unpaired) electrons. The van der Waals surface area contributed by atoms with Crippen LogP contribution in [0, 0.1) is 17.8 Å². The second-order valence-electron chi connectivity index (χ2n) is 6.70. The van der Waals surface area contributed by atoms with Gasteiger partial charge in [0, 0.05) is 0 Å². The highest BCUT2D eigenvalue weighted by Gasteiger charge is 2.33. The average molecular weight is 309 g/mol. The molecule has 0 N–H and O–H groups in total. The molecule has 0 aromatic heterocycles. The first kappa shape index (κ1) is 17.8. The fraction of sp³-hybridized carbons (Fsp3) is 0.478. The molecule has 3 atom stereocenters. The third-order valence-corrected chi connectivity index (χ3v) is 4.75. The largest absolute Gasteiger partial charge is 0.0882 e. The quantitative estimate of drug-likeness (QED) is 0.389. The summed E-state index contributed by atoms with van der Waals surface area (Å²) in [5.41, 5.74) is 0. The van der Waals surface area contributed by atoms with Crippen molar-refractivity contribution in [2.75, 3.05) is 0 Å². The first-order valence-electron chi connectivity index (χ1n) is 9.38. The van der Waals surface area contributed by atoms with Crippen LogP contribution in [0.4, 0.5) is 0 Å². The predicted octanol–water partition coefficient (Wildman–Crippen LogP) is 6.95. The van der Waals surface area contributed by atoms with Crippen LogP contribution in [-0.2, 0) is 0 Å². The molecule has 0 amide bonds. The Hall–Kier alpha value is -1.56. The van der Waals surface area contributed by atoms with E-state index in [1.165, 1.54) is 32.1 Å². The normalized spacial score (nSPS) is 28.3. The van der Waals surface area contributed by atoms with Gasteiger partial charge in [0.1, 0.15) is 0 Å². The van der Waals surface area contributed by atoms with Gasteiger partial charge in [-0.25, -0.2) is 0 Å².